The lowest BCUT2D eigenvalue weighted by Crippen LogP contribution is -2.53. The molecular weight excluding hydrogens is 657 g/mol. The number of carbonyl (C=O) groups is 2. The number of benzene rings is 3. The van der Waals surface area contributed by atoms with Gasteiger partial charge >= 0.3 is 12.1 Å². The van der Waals surface area contributed by atoms with Crippen LogP contribution in [0.5, 0.6) is 5.75 Å². The predicted octanol–water partition coefficient (Wildman–Crippen LogP) is 7.06. The first-order valence-electron chi connectivity index (χ1n) is 15.7. The number of ether oxygens (including phenoxy) is 1. The van der Waals surface area contributed by atoms with Crippen molar-refractivity contribution in [2.45, 2.75) is 80.3 Å². The summed E-state index contributed by atoms with van der Waals surface area (Å²) < 4.78 is 102. The fourth-order valence-electron chi connectivity index (χ4n) is 7.76. The van der Waals surface area contributed by atoms with Crippen LogP contribution in [-0.4, -0.2) is 42.9 Å². The average molecular weight is 692 g/mol. The third-order valence-electron chi connectivity index (χ3n) is 10.5. The molecule has 3 aromatic rings. The van der Waals surface area contributed by atoms with Gasteiger partial charge in [0.25, 0.3) is 0 Å². The maximum Gasteiger partial charge on any atom is 0.416 e. The Hall–Kier alpha value is -4.00. The standard InChI is InChI=1S/C35H34F5NO6S/c1-33(32(43)44)15-13-21(14-16-33)31(42)41-18-17-34(48(45,46)25-9-6-23(36)7-10-25)27-11-8-24(19-22(27)5-12-30(34)41)47-20-26-28(35(38,39)40)3-2-4-29(26)37/h2-4,6-11,19,21,30H,5,12-18,20H2,1H3,(H,43,44)/t21-,30-,33-,34-/m1/s1. The van der Waals surface area contributed by atoms with Gasteiger partial charge in [0.2, 0.25) is 5.91 Å². The van der Waals surface area contributed by atoms with Gasteiger partial charge in [0, 0.05) is 18.0 Å². The molecule has 3 aromatic carbocycles. The second kappa shape index (κ2) is 12.2. The molecule has 0 radical (unpaired) electrons. The number of carboxylic acid groups (broad SMARTS) is 1. The van der Waals surface area contributed by atoms with Crippen molar-refractivity contribution in [2.24, 2.45) is 11.3 Å². The summed E-state index contributed by atoms with van der Waals surface area (Å²) in [5.74, 6) is -3.17. The molecule has 3 aliphatic rings. The SMILES string of the molecule is C[C@]1(C(=O)O)CC[C@H](C(=O)N2CC[C@@]3(S(=O)(=O)c4ccc(F)cc4)c4ccc(OCc5c(F)cccc5C(F)(F)F)cc4CC[C@@H]23)CC1. The first kappa shape index (κ1) is 33.9. The van der Waals surface area contributed by atoms with Gasteiger partial charge in [-0.05, 0) is 112 Å². The highest BCUT2D eigenvalue weighted by molar-refractivity contribution is 7.92. The van der Waals surface area contributed by atoms with Crippen LogP contribution in [0, 0.1) is 23.0 Å². The van der Waals surface area contributed by atoms with E-state index in [4.69, 9.17) is 4.74 Å². The molecule has 1 aliphatic heterocycles. The molecule has 256 valence electrons. The molecule has 6 rings (SSSR count). The number of alkyl halides is 3. The third kappa shape index (κ3) is 5.63. The number of fused-ring (bicyclic) bond motifs is 3. The molecule has 1 saturated heterocycles. The van der Waals surface area contributed by atoms with Crippen LogP contribution in [0.25, 0.3) is 0 Å². The zero-order valence-electron chi connectivity index (χ0n) is 26.0. The summed E-state index contributed by atoms with van der Waals surface area (Å²) >= 11 is 0. The number of nitrogens with zero attached hydrogens (tertiary/aromatic N) is 1. The minimum absolute atomic E-state index is 0.0417. The minimum Gasteiger partial charge on any atom is -0.489 e. The maximum atomic E-state index is 14.6. The molecule has 2 atom stereocenters. The lowest BCUT2D eigenvalue weighted by Gasteiger charge is -2.43. The Balaban J connectivity index is 1.35. The Morgan fingerprint density at radius 2 is 1.67 bits per heavy atom. The molecule has 1 amide bonds. The molecule has 1 N–H and O–H groups in total. The van der Waals surface area contributed by atoms with Gasteiger partial charge in [0.05, 0.1) is 21.9 Å². The lowest BCUT2D eigenvalue weighted by molar-refractivity contribution is -0.152. The fourth-order valence-corrected chi connectivity index (χ4v) is 10.1. The number of carboxylic acids is 1. The number of halogens is 5. The summed E-state index contributed by atoms with van der Waals surface area (Å²) in [5, 5.41) is 9.64. The number of rotatable bonds is 7. The molecule has 48 heavy (non-hydrogen) atoms. The molecule has 1 saturated carbocycles. The Kier molecular flexibility index (Phi) is 8.58. The van der Waals surface area contributed by atoms with Gasteiger partial charge in [-0.25, -0.2) is 17.2 Å². The van der Waals surface area contributed by atoms with Crippen LogP contribution in [0.2, 0.25) is 0 Å². The Bertz CT molecular complexity index is 1850. The molecule has 13 heteroatoms. The zero-order valence-corrected chi connectivity index (χ0v) is 26.8. The summed E-state index contributed by atoms with van der Waals surface area (Å²) in [6.07, 6.45) is -2.84. The number of hydrogen-bond acceptors (Lipinski definition) is 5. The summed E-state index contributed by atoms with van der Waals surface area (Å²) in [5.41, 5.74) is -1.77. The van der Waals surface area contributed by atoms with E-state index < -0.39 is 73.5 Å². The van der Waals surface area contributed by atoms with Crippen LogP contribution >= 0.6 is 0 Å². The molecular formula is C35H34F5NO6S. The van der Waals surface area contributed by atoms with Crippen LogP contribution in [0.3, 0.4) is 0 Å². The largest absolute Gasteiger partial charge is 0.489 e. The number of likely N-dealkylation sites (tertiary alicyclic amines) is 1. The van der Waals surface area contributed by atoms with Gasteiger partial charge in [-0.2, -0.15) is 13.2 Å². The van der Waals surface area contributed by atoms with E-state index in [0.717, 1.165) is 30.3 Å². The first-order valence-corrected chi connectivity index (χ1v) is 17.2. The van der Waals surface area contributed by atoms with E-state index in [-0.39, 0.29) is 35.9 Å². The lowest BCUT2D eigenvalue weighted by atomic mass is 9.71. The topological polar surface area (TPSA) is 101 Å². The van der Waals surface area contributed by atoms with E-state index in [2.05, 4.69) is 0 Å². The molecule has 0 aromatic heterocycles. The second-order valence-corrected chi connectivity index (χ2v) is 15.4. The Labute approximate surface area is 274 Å². The quantitative estimate of drug-likeness (QED) is 0.210. The van der Waals surface area contributed by atoms with Gasteiger partial charge < -0.3 is 14.7 Å². The van der Waals surface area contributed by atoms with Crippen molar-refractivity contribution in [1.82, 2.24) is 4.90 Å². The van der Waals surface area contributed by atoms with Crippen molar-refractivity contribution >= 4 is 21.7 Å². The van der Waals surface area contributed by atoms with E-state index in [9.17, 15) is 45.1 Å². The number of sulfone groups is 1. The normalized spacial score (nSPS) is 25.7. The van der Waals surface area contributed by atoms with Crippen molar-refractivity contribution in [2.75, 3.05) is 6.54 Å². The summed E-state index contributed by atoms with van der Waals surface area (Å²) in [6.45, 7) is 1.07. The zero-order chi connectivity index (χ0) is 34.6. The van der Waals surface area contributed by atoms with Crippen molar-refractivity contribution in [3.05, 3.63) is 94.6 Å². The third-order valence-corrected chi connectivity index (χ3v) is 13.1. The van der Waals surface area contributed by atoms with Crippen molar-refractivity contribution in [1.29, 1.82) is 0 Å². The highest BCUT2D eigenvalue weighted by Crippen LogP contribution is 2.54. The van der Waals surface area contributed by atoms with Crippen molar-refractivity contribution in [3.8, 4) is 5.75 Å². The fraction of sp³-hybridized carbons (Fsp3) is 0.429. The van der Waals surface area contributed by atoms with Crippen LogP contribution in [0.15, 0.2) is 65.6 Å². The van der Waals surface area contributed by atoms with Gasteiger partial charge in [-0.15, -0.1) is 0 Å². The predicted molar refractivity (Wildman–Crippen MR) is 164 cm³/mol. The Morgan fingerprint density at radius 1 is 0.979 bits per heavy atom. The van der Waals surface area contributed by atoms with E-state index in [0.29, 0.717) is 43.2 Å². The molecule has 2 aliphatic carbocycles. The molecule has 0 spiro atoms. The van der Waals surface area contributed by atoms with Crippen LogP contribution in [0.1, 0.15) is 67.7 Å². The van der Waals surface area contributed by atoms with Crippen molar-refractivity contribution in [3.63, 3.8) is 0 Å². The van der Waals surface area contributed by atoms with Gasteiger partial charge in [-0.3, -0.25) is 9.59 Å². The maximum absolute atomic E-state index is 14.6. The highest BCUT2D eigenvalue weighted by atomic mass is 32.2. The first-order chi connectivity index (χ1) is 22.6. The number of amides is 1. The Morgan fingerprint density at radius 3 is 2.31 bits per heavy atom. The average Bonchev–Trinajstić information content (AvgIpc) is 3.45. The number of carbonyl (C=O) groups excluding carboxylic acids is 1. The number of hydrogen-bond donors (Lipinski definition) is 1. The number of aliphatic carboxylic acids is 1. The molecule has 7 nitrogen and oxygen atoms in total. The molecule has 0 bridgehead atoms. The van der Waals surface area contributed by atoms with Gasteiger partial charge in [-0.1, -0.05) is 12.1 Å². The van der Waals surface area contributed by atoms with E-state index in [1.165, 1.54) is 24.3 Å². The second-order valence-electron chi connectivity index (χ2n) is 13.2. The molecule has 2 fully saturated rings. The summed E-state index contributed by atoms with van der Waals surface area (Å²) in [6, 6.07) is 10.9. The van der Waals surface area contributed by atoms with E-state index >= 15 is 0 Å². The minimum atomic E-state index is -4.80. The van der Waals surface area contributed by atoms with Crippen LogP contribution in [-0.2, 0) is 43.4 Å². The van der Waals surface area contributed by atoms with Gasteiger partial charge in [0.1, 0.15) is 28.7 Å². The molecule has 1 heterocycles. The van der Waals surface area contributed by atoms with Crippen LogP contribution < -0.4 is 4.74 Å². The van der Waals surface area contributed by atoms with Gasteiger partial charge in [0.15, 0.2) is 9.84 Å². The smallest absolute Gasteiger partial charge is 0.416 e. The van der Waals surface area contributed by atoms with E-state index in [1.54, 1.807) is 17.9 Å². The highest BCUT2D eigenvalue weighted by Gasteiger charge is 2.61. The van der Waals surface area contributed by atoms with Crippen molar-refractivity contribution < 1.29 is 49.8 Å². The monoisotopic (exact) mass is 691 g/mol. The number of aryl methyl sites for hydroxylation is 1. The summed E-state index contributed by atoms with van der Waals surface area (Å²) in [4.78, 5) is 27.3. The van der Waals surface area contributed by atoms with Crippen LogP contribution in [0.4, 0.5) is 22.0 Å². The van der Waals surface area contributed by atoms with E-state index in [1.807, 2.05) is 0 Å². The molecule has 0 unspecified atom stereocenters. The summed E-state index contributed by atoms with van der Waals surface area (Å²) in [7, 11) is -4.27.